The summed E-state index contributed by atoms with van der Waals surface area (Å²) in [6.07, 6.45) is 4.97. The Morgan fingerprint density at radius 2 is 1.95 bits per heavy atom. The molecule has 0 saturated heterocycles. The predicted molar refractivity (Wildman–Crippen MR) is 82.0 cm³/mol. The highest BCUT2D eigenvalue weighted by molar-refractivity contribution is 5.27. The van der Waals surface area contributed by atoms with Crippen LogP contribution >= 0.6 is 0 Å². The number of pyridine rings is 1. The van der Waals surface area contributed by atoms with Crippen molar-refractivity contribution in [3.8, 4) is 5.75 Å². The molecule has 0 aliphatic heterocycles. The first-order valence-corrected chi connectivity index (χ1v) is 7.30. The smallest absolute Gasteiger partial charge is 0.137 e. The Bertz CT molecular complexity index is 411. The lowest BCUT2D eigenvalue weighted by molar-refractivity contribution is 0.0457. The van der Waals surface area contributed by atoms with Gasteiger partial charge in [-0.3, -0.25) is 4.98 Å². The summed E-state index contributed by atoms with van der Waals surface area (Å²) in [6, 6.07) is 1.87. The molecule has 1 heterocycles. The summed E-state index contributed by atoms with van der Waals surface area (Å²) in [5, 5.41) is 14.0. The third-order valence-corrected chi connectivity index (χ3v) is 3.08. The van der Waals surface area contributed by atoms with Crippen LogP contribution in [0, 0.1) is 0 Å². The molecule has 0 bridgehead atoms. The van der Waals surface area contributed by atoms with Gasteiger partial charge in [0.25, 0.3) is 0 Å². The molecule has 0 aromatic carbocycles. The van der Waals surface area contributed by atoms with Crippen LogP contribution in [-0.2, 0) is 5.60 Å². The maximum atomic E-state index is 10.6. The van der Waals surface area contributed by atoms with Crippen molar-refractivity contribution >= 4 is 0 Å². The van der Waals surface area contributed by atoms with E-state index < -0.39 is 5.60 Å². The molecule has 1 aromatic rings. The Morgan fingerprint density at radius 1 is 1.25 bits per heavy atom. The molecule has 114 valence electrons. The van der Waals surface area contributed by atoms with Crippen molar-refractivity contribution in [1.82, 2.24) is 10.3 Å². The van der Waals surface area contributed by atoms with Gasteiger partial charge in [-0.2, -0.15) is 0 Å². The van der Waals surface area contributed by atoms with Crippen molar-refractivity contribution in [1.29, 1.82) is 0 Å². The average molecular weight is 280 g/mol. The van der Waals surface area contributed by atoms with Crippen LogP contribution in [0.3, 0.4) is 0 Å². The van der Waals surface area contributed by atoms with Crippen molar-refractivity contribution < 1.29 is 9.84 Å². The highest BCUT2D eigenvalue weighted by Crippen LogP contribution is 2.26. The van der Waals surface area contributed by atoms with Crippen LogP contribution in [0.15, 0.2) is 18.5 Å². The van der Waals surface area contributed by atoms with Gasteiger partial charge in [-0.05, 0) is 53.1 Å². The van der Waals surface area contributed by atoms with Crippen LogP contribution in [0.1, 0.15) is 53.0 Å². The number of aromatic nitrogens is 1. The molecule has 20 heavy (non-hydrogen) atoms. The molecule has 1 unspecified atom stereocenters. The number of hydrogen-bond acceptors (Lipinski definition) is 4. The lowest BCUT2D eigenvalue weighted by atomic mass is 9.93. The molecule has 0 aliphatic rings. The van der Waals surface area contributed by atoms with Crippen LogP contribution in [0.2, 0.25) is 0 Å². The van der Waals surface area contributed by atoms with Crippen LogP contribution in [0.5, 0.6) is 5.75 Å². The molecule has 4 heteroatoms. The van der Waals surface area contributed by atoms with E-state index in [9.17, 15) is 5.11 Å². The highest BCUT2D eigenvalue weighted by Gasteiger charge is 2.24. The molecule has 4 nitrogen and oxygen atoms in total. The fourth-order valence-corrected chi connectivity index (χ4v) is 1.84. The zero-order chi connectivity index (χ0) is 15.2. The molecule has 0 amide bonds. The number of nitrogens with one attached hydrogen (secondary N) is 1. The second kappa shape index (κ2) is 7.04. The van der Waals surface area contributed by atoms with Crippen molar-refractivity contribution in [2.24, 2.45) is 0 Å². The van der Waals surface area contributed by atoms with E-state index in [2.05, 4.69) is 38.0 Å². The molecule has 1 atom stereocenters. The van der Waals surface area contributed by atoms with Gasteiger partial charge in [0.05, 0.1) is 18.4 Å². The summed E-state index contributed by atoms with van der Waals surface area (Å²) >= 11 is 0. The summed E-state index contributed by atoms with van der Waals surface area (Å²) in [6.45, 7) is 11.6. The molecule has 0 fully saturated rings. The van der Waals surface area contributed by atoms with Gasteiger partial charge in [0.15, 0.2) is 0 Å². The molecule has 0 spiro atoms. The van der Waals surface area contributed by atoms with Gasteiger partial charge in [-0.25, -0.2) is 0 Å². The minimum absolute atomic E-state index is 0.0560. The molecular formula is C16H28N2O2. The van der Waals surface area contributed by atoms with Crippen LogP contribution in [0.4, 0.5) is 0 Å². The molecule has 0 saturated carbocycles. The maximum absolute atomic E-state index is 10.6. The average Bonchev–Trinajstić information content (AvgIpc) is 2.35. The number of rotatable bonds is 7. The molecule has 0 aliphatic carbocycles. The van der Waals surface area contributed by atoms with E-state index in [1.165, 1.54) is 0 Å². The van der Waals surface area contributed by atoms with E-state index >= 15 is 0 Å². The van der Waals surface area contributed by atoms with Crippen LogP contribution < -0.4 is 10.1 Å². The van der Waals surface area contributed by atoms with Crippen molar-refractivity contribution in [2.45, 2.75) is 58.6 Å². The largest absolute Gasteiger partial charge is 0.492 e. The van der Waals surface area contributed by atoms with E-state index in [-0.39, 0.29) is 5.54 Å². The molecule has 0 radical (unpaired) electrons. The SMILES string of the molecule is CCCOc1cncc(C(C)(O)CCNC(C)(C)C)c1. The third-order valence-electron chi connectivity index (χ3n) is 3.08. The number of nitrogens with zero attached hydrogens (tertiary/aromatic N) is 1. The van der Waals surface area contributed by atoms with Gasteiger partial charge in [0, 0.05) is 17.3 Å². The van der Waals surface area contributed by atoms with E-state index in [1.54, 1.807) is 12.4 Å². The van der Waals surface area contributed by atoms with Crippen molar-refractivity contribution in [3.63, 3.8) is 0 Å². The van der Waals surface area contributed by atoms with Gasteiger partial charge >= 0.3 is 0 Å². The first-order chi connectivity index (χ1) is 9.24. The quantitative estimate of drug-likeness (QED) is 0.806. The zero-order valence-corrected chi connectivity index (χ0v) is 13.4. The minimum atomic E-state index is -0.906. The number of aliphatic hydroxyl groups is 1. The predicted octanol–water partition coefficient (Wildman–Crippen LogP) is 2.86. The Balaban J connectivity index is 2.66. The summed E-state index contributed by atoms with van der Waals surface area (Å²) in [7, 11) is 0. The molecule has 1 rings (SSSR count). The minimum Gasteiger partial charge on any atom is -0.492 e. The van der Waals surface area contributed by atoms with E-state index in [1.807, 2.05) is 13.0 Å². The third kappa shape index (κ3) is 5.88. The van der Waals surface area contributed by atoms with Crippen LogP contribution in [-0.4, -0.2) is 28.8 Å². The van der Waals surface area contributed by atoms with Gasteiger partial charge in [-0.15, -0.1) is 0 Å². The second-order valence-corrected chi connectivity index (χ2v) is 6.46. The molecule has 1 aromatic heterocycles. The summed E-state index contributed by atoms with van der Waals surface area (Å²) in [5.41, 5.74) is -0.0566. The summed E-state index contributed by atoms with van der Waals surface area (Å²) < 4.78 is 5.56. The Hall–Kier alpha value is -1.13. The monoisotopic (exact) mass is 280 g/mol. The normalized spacial score (nSPS) is 14.9. The van der Waals surface area contributed by atoms with Crippen LogP contribution in [0.25, 0.3) is 0 Å². The molecular weight excluding hydrogens is 252 g/mol. The zero-order valence-electron chi connectivity index (χ0n) is 13.4. The fraction of sp³-hybridized carbons (Fsp3) is 0.688. The Labute approximate surface area is 122 Å². The van der Waals surface area contributed by atoms with Gasteiger partial charge < -0.3 is 15.2 Å². The van der Waals surface area contributed by atoms with E-state index in [4.69, 9.17) is 4.74 Å². The highest BCUT2D eigenvalue weighted by atomic mass is 16.5. The lowest BCUT2D eigenvalue weighted by Gasteiger charge is -2.27. The standard InChI is InChI=1S/C16H28N2O2/c1-6-9-20-14-10-13(11-17-12-14)16(5,19)7-8-18-15(2,3)4/h10-12,18-19H,6-9H2,1-5H3. The first-order valence-electron chi connectivity index (χ1n) is 7.30. The maximum Gasteiger partial charge on any atom is 0.137 e. The van der Waals surface area contributed by atoms with E-state index in [0.29, 0.717) is 18.8 Å². The number of ether oxygens (including phenoxy) is 1. The van der Waals surface area contributed by atoms with E-state index in [0.717, 1.165) is 18.5 Å². The van der Waals surface area contributed by atoms with Crippen molar-refractivity contribution in [2.75, 3.05) is 13.2 Å². The lowest BCUT2D eigenvalue weighted by Crippen LogP contribution is -2.39. The number of hydrogen-bond donors (Lipinski definition) is 2. The van der Waals surface area contributed by atoms with Crippen molar-refractivity contribution in [3.05, 3.63) is 24.0 Å². The summed E-state index contributed by atoms with van der Waals surface area (Å²) in [4.78, 5) is 4.16. The Kier molecular flexibility index (Phi) is 5.96. The molecule has 2 N–H and O–H groups in total. The second-order valence-electron chi connectivity index (χ2n) is 6.46. The summed E-state index contributed by atoms with van der Waals surface area (Å²) in [5.74, 6) is 0.716. The Morgan fingerprint density at radius 3 is 2.55 bits per heavy atom. The van der Waals surface area contributed by atoms with Gasteiger partial charge in [0.1, 0.15) is 5.75 Å². The van der Waals surface area contributed by atoms with Gasteiger partial charge in [0.2, 0.25) is 0 Å². The van der Waals surface area contributed by atoms with Gasteiger partial charge in [-0.1, -0.05) is 6.92 Å². The topological polar surface area (TPSA) is 54.4 Å². The fourth-order valence-electron chi connectivity index (χ4n) is 1.84. The first kappa shape index (κ1) is 16.9.